The maximum atomic E-state index is 12.7. The lowest BCUT2D eigenvalue weighted by Crippen LogP contribution is -2.35. The predicted octanol–water partition coefficient (Wildman–Crippen LogP) is 3.67. The molecule has 0 bridgehead atoms. The molecule has 0 saturated carbocycles. The van der Waals surface area contributed by atoms with Crippen molar-refractivity contribution in [2.45, 2.75) is 57.9 Å². The topological polar surface area (TPSA) is 62.3 Å². The summed E-state index contributed by atoms with van der Waals surface area (Å²) in [4.78, 5) is 30.6. The van der Waals surface area contributed by atoms with Crippen molar-refractivity contribution in [3.8, 4) is 0 Å². The number of carbonyl (C=O) groups is 2. The molecular formula is C23H29N3O2. The normalized spacial score (nSPS) is 18.6. The average Bonchev–Trinajstić information content (AvgIpc) is 3.11. The number of pyridine rings is 1. The predicted molar refractivity (Wildman–Crippen MR) is 111 cm³/mol. The van der Waals surface area contributed by atoms with Gasteiger partial charge in [-0.2, -0.15) is 0 Å². The van der Waals surface area contributed by atoms with Crippen molar-refractivity contribution in [1.82, 2.24) is 10.3 Å². The van der Waals surface area contributed by atoms with E-state index in [1.165, 1.54) is 11.8 Å². The van der Waals surface area contributed by atoms with Crippen LogP contribution in [0.3, 0.4) is 0 Å². The number of nitrogens with zero attached hydrogens (tertiary/aromatic N) is 2. The number of unbranched alkanes of at least 4 members (excludes halogenated alkanes) is 2. The minimum Gasteiger partial charge on any atom is -0.356 e. The van der Waals surface area contributed by atoms with Crippen LogP contribution in [0.15, 0.2) is 48.8 Å². The van der Waals surface area contributed by atoms with E-state index >= 15 is 0 Å². The van der Waals surface area contributed by atoms with Crippen LogP contribution in [-0.2, 0) is 22.4 Å². The Labute approximate surface area is 170 Å². The third kappa shape index (κ3) is 5.41. The molecule has 5 heteroatoms. The number of aromatic nitrogens is 1. The summed E-state index contributed by atoms with van der Waals surface area (Å²) in [5.74, 6) is -0.298. The van der Waals surface area contributed by atoms with Gasteiger partial charge in [0.1, 0.15) is 0 Å². The van der Waals surface area contributed by atoms with Crippen LogP contribution in [0.5, 0.6) is 0 Å². The fourth-order valence-electron chi connectivity index (χ4n) is 3.56. The molecule has 1 aromatic heterocycles. The highest BCUT2D eigenvalue weighted by molar-refractivity contribution is 5.96. The molecular weight excluding hydrogens is 350 g/mol. The van der Waals surface area contributed by atoms with E-state index in [9.17, 15) is 9.59 Å². The number of hydrogen-bond acceptors (Lipinski definition) is 3. The highest BCUT2D eigenvalue weighted by Gasteiger charge is 2.29. The highest BCUT2D eigenvalue weighted by Crippen LogP contribution is 2.32. The maximum Gasteiger partial charge on any atom is 0.227 e. The molecule has 0 aliphatic carbocycles. The molecule has 0 fully saturated rings. The summed E-state index contributed by atoms with van der Waals surface area (Å²) >= 11 is 0. The summed E-state index contributed by atoms with van der Waals surface area (Å²) in [6, 6.07) is 11.7. The largest absolute Gasteiger partial charge is 0.356 e. The lowest BCUT2D eigenvalue weighted by Gasteiger charge is -2.22. The van der Waals surface area contributed by atoms with Gasteiger partial charge in [-0.05, 0) is 55.8 Å². The monoisotopic (exact) mass is 381 g/mol. The molecule has 2 heterocycles. The summed E-state index contributed by atoms with van der Waals surface area (Å²) < 4.78 is 16.1. The zero-order valence-corrected chi connectivity index (χ0v) is 16.3. The zero-order valence-electron chi connectivity index (χ0n) is 18.3. The second-order valence-electron chi connectivity index (χ2n) is 7.17. The Morgan fingerprint density at radius 2 is 2.07 bits per heavy atom. The Bertz CT molecular complexity index is 863. The van der Waals surface area contributed by atoms with Gasteiger partial charge in [-0.1, -0.05) is 30.7 Å². The van der Waals surface area contributed by atoms with Gasteiger partial charge in [0.15, 0.2) is 0 Å². The molecule has 3 unspecified atom stereocenters. The number of anilines is 1. The average molecular weight is 382 g/mol. The minimum atomic E-state index is -1.19. The van der Waals surface area contributed by atoms with Crippen LogP contribution in [0.4, 0.5) is 5.69 Å². The van der Waals surface area contributed by atoms with Crippen LogP contribution in [0, 0.1) is 0 Å². The molecule has 148 valence electrons. The first kappa shape index (κ1) is 17.4. The van der Waals surface area contributed by atoms with E-state index in [0.717, 1.165) is 31.4 Å². The molecule has 2 amide bonds. The van der Waals surface area contributed by atoms with Gasteiger partial charge in [0.25, 0.3) is 0 Å². The van der Waals surface area contributed by atoms with Gasteiger partial charge in [-0.25, -0.2) is 0 Å². The summed E-state index contributed by atoms with van der Waals surface area (Å²) in [5, 5.41) is 2.73. The fraction of sp³-hybridized carbons (Fsp3) is 0.435. The molecule has 1 aliphatic heterocycles. The molecule has 1 aliphatic rings. The van der Waals surface area contributed by atoms with E-state index in [4.69, 9.17) is 2.74 Å². The summed E-state index contributed by atoms with van der Waals surface area (Å²) in [7, 11) is 0. The lowest BCUT2D eigenvalue weighted by atomic mass is 10.1. The van der Waals surface area contributed by atoms with Crippen molar-refractivity contribution >= 4 is 17.5 Å². The number of hydrogen-bond donors (Lipinski definition) is 1. The number of benzene rings is 1. The van der Waals surface area contributed by atoms with E-state index < -0.39 is 18.7 Å². The van der Waals surface area contributed by atoms with Gasteiger partial charge >= 0.3 is 0 Å². The molecule has 1 aromatic carbocycles. The van der Waals surface area contributed by atoms with Crippen molar-refractivity contribution in [2.24, 2.45) is 0 Å². The van der Waals surface area contributed by atoms with Gasteiger partial charge in [0.05, 0.1) is 0 Å². The Balaban J connectivity index is 1.35. The quantitative estimate of drug-likeness (QED) is 0.674. The van der Waals surface area contributed by atoms with Crippen LogP contribution in [0.25, 0.3) is 0 Å². The molecule has 0 spiro atoms. The Morgan fingerprint density at radius 3 is 2.89 bits per heavy atom. The van der Waals surface area contributed by atoms with Crippen molar-refractivity contribution in [3.05, 3.63) is 59.9 Å². The molecule has 2 aromatic rings. The number of carbonyl (C=O) groups excluding carboxylic acids is 2. The molecule has 3 atom stereocenters. The fourth-order valence-corrected chi connectivity index (χ4v) is 3.56. The standard InChI is InChI=1S/C23H29N3O2/c1-18-16-20-9-4-5-10-21(20)26(18)23(28)11-3-2-6-15-25-22(27)13-12-19-8-7-14-24-17-19/h4-5,7-10,14,17-18H,2-3,6,11-13,15-16H2,1H3,(H,25,27)/i12D,13D. The van der Waals surface area contributed by atoms with Crippen LogP contribution in [-0.4, -0.2) is 29.4 Å². The van der Waals surface area contributed by atoms with Crippen LogP contribution in [0.1, 0.15) is 52.9 Å². The van der Waals surface area contributed by atoms with E-state index in [2.05, 4.69) is 23.3 Å². The lowest BCUT2D eigenvalue weighted by molar-refractivity contribution is -0.121. The third-order valence-corrected chi connectivity index (χ3v) is 4.95. The van der Waals surface area contributed by atoms with Crippen LogP contribution < -0.4 is 10.2 Å². The second-order valence-corrected chi connectivity index (χ2v) is 7.17. The smallest absolute Gasteiger partial charge is 0.227 e. The molecule has 5 nitrogen and oxygen atoms in total. The van der Waals surface area contributed by atoms with E-state index in [0.29, 0.717) is 18.5 Å². The highest BCUT2D eigenvalue weighted by atomic mass is 16.2. The van der Waals surface area contributed by atoms with Gasteiger partial charge in [0.2, 0.25) is 11.8 Å². The first-order valence-electron chi connectivity index (χ1n) is 11.1. The summed E-state index contributed by atoms with van der Waals surface area (Å²) in [6.07, 6.45) is 4.70. The SMILES string of the molecule is [2H]C(C(=O)NCCCCCC(=O)N1c2ccccc2CC1C)C([2H])c1cccnc1. The van der Waals surface area contributed by atoms with Gasteiger partial charge in [-0.3, -0.25) is 14.6 Å². The maximum absolute atomic E-state index is 12.7. The van der Waals surface area contributed by atoms with Gasteiger partial charge in [0, 0.05) is 46.2 Å². The molecule has 0 radical (unpaired) electrons. The van der Waals surface area contributed by atoms with E-state index in [1.807, 2.05) is 23.1 Å². The van der Waals surface area contributed by atoms with Gasteiger partial charge in [-0.15, -0.1) is 0 Å². The number of nitrogens with one attached hydrogen (secondary N) is 1. The molecule has 3 rings (SSSR count). The third-order valence-electron chi connectivity index (χ3n) is 4.95. The summed E-state index contributed by atoms with van der Waals surface area (Å²) in [5.41, 5.74) is 2.82. The van der Waals surface area contributed by atoms with Crippen LogP contribution >= 0.6 is 0 Å². The first-order chi connectivity index (χ1) is 14.5. The van der Waals surface area contributed by atoms with Crippen LogP contribution in [0.2, 0.25) is 0 Å². The number of fused-ring (bicyclic) bond motifs is 1. The number of aryl methyl sites for hydroxylation is 1. The molecule has 0 saturated heterocycles. The van der Waals surface area contributed by atoms with Gasteiger partial charge < -0.3 is 10.2 Å². The number of para-hydroxylation sites is 1. The van der Waals surface area contributed by atoms with Crippen molar-refractivity contribution in [3.63, 3.8) is 0 Å². The zero-order chi connectivity index (χ0) is 21.5. The van der Waals surface area contributed by atoms with Crippen molar-refractivity contribution in [2.75, 3.05) is 11.4 Å². The number of rotatable bonds is 9. The van der Waals surface area contributed by atoms with E-state index in [1.54, 1.807) is 18.3 Å². The Kier molecular flexibility index (Phi) is 6.23. The second kappa shape index (κ2) is 10.0. The Hall–Kier alpha value is -2.69. The summed E-state index contributed by atoms with van der Waals surface area (Å²) in [6.45, 7) is 2.53. The van der Waals surface area contributed by atoms with Crippen molar-refractivity contribution < 1.29 is 12.3 Å². The molecule has 1 N–H and O–H groups in total. The Morgan fingerprint density at radius 1 is 1.21 bits per heavy atom. The van der Waals surface area contributed by atoms with Crippen molar-refractivity contribution in [1.29, 1.82) is 0 Å². The number of amides is 2. The van der Waals surface area contributed by atoms with E-state index in [-0.39, 0.29) is 11.9 Å². The molecule has 28 heavy (non-hydrogen) atoms. The first-order valence-corrected chi connectivity index (χ1v) is 9.91. The minimum absolute atomic E-state index is 0.149.